The number of thioether (sulfide) groups is 1. The molecule has 4 N–H and O–H groups in total. The second-order valence-electron chi connectivity index (χ2n) is 6.08. The number of carbonyl (C=O) groups excluding carboxylic acids is 1. The second-order valence-corrected chi connectivity index (χ2v) is 7.09. The van der Waals surface area contributed by atoms with Gasteiger partial charge in [-0.25, -0.2) is 0 Å². The number of hydrogen-bond acceptors (Lipinski definition) is 3. The van der Waals surface area contributed by atoms with E-state index in [1.165, 1.54) is 19.3 Å². The molecule has 0 saturated heterocycles. The lowest BCUT2D eigenvalue weighted by molar-refractivity contribution is -0.0119. The molecule has 0 aromatic rings. The summed E-state index contributed by atoms with van der Waals surface area (Å²) in [5, 5.41) is 10.0. The van der Waals surface area contributed by atoms with Gasteiger partial charge in [0.15, 0.2) is 5.17 Å². The van der Waals surface area contributed by atoms with E-state index in [9.17, 15) is 4.79 Å². The number of nitrogens with one attached hydrogen (secondary N) is 2. The molecule has 0 atom stereocenters. The maximum Gasteiger partial charge on any atom is 0.287 e. The summed E-state index contributed by atoms with van der Waals surface area (Å²) in [6.07, 6.45) is 7.54. The summed E-state index contributed by atoms with van der Waals surface area (Å²) in [5.74, 6) is 2.47. The van der Waals surface area contributed by atoms with Gasteiger partial charge >= 0.3 is 0 Å². The van der Waals surface area contributed by atoms with E-state index < -0.39 is 0 Å². The lowest BCUT2D eigenvalue weighted by Crippen LogP contribution is -2.59. The van der Waals surface area contributed by atoms with Crippen molar-refractivity contribution < 1.29 is 4.79 Å². The average Bonchev–Trinajstić information content (AvgIpc) is 2.11. The zero-order valence-corrected chi connectivity index (χ0v) is 10.7. The van der Waals surface area contributed by atoms with Crippen LogP contribution in [0.25, 0.3) is 0 Å². The van der Waals surface area contributed by atoms with Gasteiger partial charge in [-0.05, 0) is 56.3 Å². The average molecular weight is 253 g/mol. The minimum atomic E-state index is -0.139. The van der Waals surface area contributed by atoms with Crippen molar-refractivity contribution in [1.82, 2.24) is 5.32 Å². The van der Waals surface area contributed by atoms with E-state index >= 15 is 0 Å². The number of hydrogen-bond donors (Lipinski definition) is 3. The Morgan fingerprint density at radius 3 is 2.06 bits per heavy atom. The van der Waals surface area contributed by atoms with E-state index in [0.717, 1.165) is 48.8 Å². The van der Waals surface area contributed by atoms with Crippen molar-refractivity contribution >= 4 is 22.2 Å². The van der Waals surface area contributed by atoms with Crippen LogP contribution in [0.5, 0.6) is 0 Å². The predicted molar refractivity (Wildman–Crippen MR) is 68.9 cm³/mol. The van der Waals surface area contributed by atoms with Crippen LogP contribution in [-0.4, -0.2) is 15.9 Å². The highest BCUT2D eigenvalue weighted by Crippen LogP contribution is 2.55. The van der Waals surface area contributed by atoms with Crippen LogP contribution in [0.3, 0.4) is 0 Å². The van der Waals surface area contributed by atoms with Crippen molar-refractivity contribution in [3.63, 3.8) is 0 Å². The van der Waals surface area contributed by atoms with Gasteiger partial charge in [0.1, 0.15) is 0 Å². The largest absolute Gasteiger partial charge is 0.378 e. The quantitative estimate of drug-likeness (QED) is 0.495. The molecule has 5 heteroatoms. The maximum absolute atomic E-state index is 11.8. The molecule has 4 nitrogen and oxygen atoms in total. The molecule has 0 heterocycles. The van der Waals surface area contributed by atoms with Crippen molar-refractivity contribution in [2.24, 2.45) is 23.5 Å². The van der Waals surface area contributed by atoms with Crippen LogP contribution in [0.1, 0.15) is 38.5 Å². The summed E-state index contributed by atoms with van der Waals surface area (Å²) in [5.41, 5.74) is 5.28. The first-order valence-electron chi connectivity index (χ1n) is 6.39. The lowest BCUT2D eigenvalue weighted by atomic mass is 9.53. The van der Waals surface area contributed by atoms with Crippen LogP contribution in [-0.2, 0) is 0 Å². The summed E-state index contributed by atoms with van der Waals surface area (Å²) in [6.45, 7) is 0. The van der Waals surface area contributed by atoms with Crippen molar-refractivity contribution in [1.29, 1.82) is 5.41 Å². The molecule has 4 saturated carbocycles. The monoisotopic (exact) mass is 253 g/mol. The second kappa shape index (κ2) is 3.90. The summed E-state index contributed by atoms with van der Waals surface area (Å²) in [4.78, 5) is 11.8. The summed E-state index contributed by atoms with van der Waals surface area (Å²) in [7, 11) is 0. The number of nitrogens with two attached hydrogens (primary N) is 1. The minimum Gasteiger partial charge on any atom is -0.378 e. The van der Waals surface area contributed by atoms with Crippen LogP contribution in [0.15, 0.2) is 0 Å². The Hall–Kier alpha value is -0.710. The van der Waals surface area contributed by atoms with Gasteiger partial charge in [-0.2, -0.15) is 0 Å². The standard InChI is InChI=1S/C12H19N3OS/c13-10(14)17-11(16)15-12-4-7-1-8(5-12)3-9(2-7)6-12/h7-9H,1-6H2,(H3,13,14)(H,15,16). The first-order valence-corrected chi connectivity index (χ1v) is 7.20. The molecule has 17 heavy (non-hydrogen) atoms. The molecule has 4 fully saturated rings. The molecule has 0 aromatic carbocycles. The fourth-order valence-electron chi connectivity index (χ4n) is 4.61. The third kappa shape index (κ3) is 2.17. The van der Waals surface area contributed by atoms with Crippen LogP contribution in [0, 0.1) is 23.2 Å². The molecular weight excluding hydrogens is 234 g/mol. The highest BCUT2D eigenvalue weighted by atomic mass is 32.2. The molecular formula is C12H19N3OS. The summed E-state index contributed by atoms with van der Waals surface area (Å²) in [6, 6.07) is 0. The summed E-state index contributed by atoms with van der Waals surface area (Å²) < 4.78 is 0. The van der Waals surface area contributed by atoms with E-state index in [0.29, 0.717) is 0 Å². The number of rotatable bonds is 1. The topological polar surface area (TPSA) is 79.0 Å². The Morgan fingerprint density at radius 1 is 1.18 bits per heavy atom. The maximum atomic E-state index is 11.8. The smallest absolute Gasteiger partial charge is 0.287 e. The van der Waals surface area contributed by atoms with Gasteiger partial charge in [-0.15, -0.1) is 0 Å². The molecule has 4 rings (SSSR count). The molecule has 0 spiro atoms. The van der Waals surface area contributed by atoms with Gasteiger partial charge in [0, 0.05) is 17.3 Å². The zero-order valence-electron chi connectivity index (χ0n) is 9.87. The van der Waals surface area contributed by atoms with Crippen molar-refractivity contribution in [2.75, 3.05) is 0 Å². The van der Waals surface area contributed by atoms with Crippen molar-refractivity contribution in [3.8, 4) is 0 Å². The van der Waals surface area contributed by atoms with Crippen molar-refractivity contribution in [2.45, 2.75) is 44.1 Å². The molecule has 94 valence electrons. The first-order chi connectivity index (χ1) is 8.05. The molecule has 4 bridgehead atoms. The molecule has 4 aliphatic rings. The SMILES string of the molecule is N=C(N)SC(=O)NC12CC3CC(CC(C3)C1)C2. The lowest BCUT2D eigenvalue weighted by Gasteiger charge is -2.56. The Bertz CT molecular complexity index is 333. The fourth-order valence-corrected chi connectivity index (χ4v) is 5.07. The zero-order chi connectivity index (χ0) is 12.0. The van der Waals surface area contributed by atoms with Gasteiger partial charge in [-0.3, -0.25) is 10.2 Å². The van der Waals surface area contributed by atoms with E-state index in [4.69, 9.17) is 11.1 Å². The van der Waals surface area contributed by atoms with Crippen LogP contribution in [0.2, 0.25) is 0 Å². The number of carbonyl (C=O) groups is 1. The number of amidine groups is 1. The Balaban J connectivity index is 1.70. The third-order valence-corrected chi connectivity index (χ3v) is 5.12. The van der Waals surface area contributed by atoms with Gasteiger partial charge in [-0.1, -0.05) is 0 Å². The van der Waals surface area contributed by atoms with E-state index in [1.807, 2.05) is 0 Å². The molecule has 1 amide bonds. The van der Waals surface area contributed by atoms with Gasteiger partial charge in [0.05, 0.1) is 0 Å². The van der Waals surface area contributed by atoms with E-state index in [-0.39, 0.29) is 15.9 Å². The highest BCUT2D eigenvalue weighted by molar-refractivity contribution is 8.26. The molecule has 0 aliphatic heterocycles. The Kier molecular flexibility index (Phi) is 2.61. The predicted octanol–water partition coefficient (Wildman–Crippen LogP) is 2.29. The van der Waals surface area contributed by atoms with Crippen LogP contribution >= 0.6 is 11.8 Å². The third-order valence-electron chi connectivity index (χ3n) is 4.61. The highest BCUT2D eigenvalue weighted by Gasteiger charge is 2.51. The molecule has 4 aliphatic carbocycles. The Labute approximate surface area is 106 Å². The van der Waals surface area contributed by atoms with E-state index in [1.54, 1.807) is 0 Å². The molecule has 0 unspecified atom stereocenters. The number of amides is 1. The minimum absolute atomic E-state index is 0.0360. The molecule has 0 radical (unpaired) electrons. The van der Waals surface area contributed by atoms with Gasteiger partial charge in [0.2, 0.25) is 0 Å². The fraction of sp³-hybridized carbons (Fsp3) is 0.833. The summed E-state index contributed by atoms with van der Waals surface area (Å²) >= 11 is 0.814. The van der Waals surface area contributed by atoms with Gasteiger partial charge < -0.3 is 11.1 Å². The van der Waals surface area contributed by atoms with Crippen LogP contribution < -0.4 is 11.1 Å². The van der Waals surface area contributed by atoms with Crippen molar-refractivity contribution in [3.05, 3.63) is 0 Å². The Morgan fingerprint density at radius 2 is 1.65 bits per heavy atom. The van der Waals surface area contributed by atoms with E-state index in [2.05, 4.69) is 5.32 Å². The first kappa shape index (κ1) is 11.4. The normalized spacial score (nSPS) is 42.5. The molecule has 0 aromatic heterocycles. The van der Waals surface area contributed by atoms with Gasteiger partial charge in [0.25, 0.3) is 5.24 Å². The van der Waals surface area contributed by atoms with Crippen LogP contribution in [0.4, 0.5) is 4.79 Å².